The summed E-state index contributed by atoms with van der Waals surface area (Å²) in [6.45, 7) is 5.87. The van der Waals surface area contributed by atoms with Gasteiger partial charge in [-0.15, -0.1) is 0 Å². The van der Waals surface area contributed by atoms with Crippen molar-refractivity contribution < 1.29 is 19.1 Å². The van der Waals surface area contributed by atoms with Crippen LogP contribution in [0, 0.1) is 11.8 Å². The van der Waals surface area contributed by atoms with Gasteiger partial charge in [-0.3, -0.25) is 14.5 Å². The zero-order valence-corrected chi connectivity index (χ0v) is 15.0. The summed E-state index contributed by atoms with van der Waals surface area (Å²) in [6, 6.07) is 6.73. The third-order valence-electron chi connectivity index (χ3n) is 3.52. The van der Waals surface area contributed by atoms with E-state index in [1.807, 2.05) is 0 Å². The summed E-state index contributed by atoms with van der Waals surface area (Å²) >= 11 is 0. The highest BCUT2D eigenvalue weighted by molar-refractivity contribution is 6.21. The Kier molecular flexibility index (Phi) is 5.48. The molecule has 0 fully saturated rings. The third-order valence-corrected chi connectivity index (χ3v) is 3.52. The first-order valence-electron chi connectivity index (χ1n) is 8.06. The Balaban J connectivity index is 1.83. The largest absolute Gasteiger partial charge is 0.444 e. The molecule has 0 radical (unpaired) electrons. The second-order valence-corrected chi connectivity index (χ2v) is 6.75. The lowest BCUT2D eigenvalue weighted by molar-refractivity contribution is 0.0302. The fourth-order valence-corrected chi connectivity index (χ4v) is 2.26. The second kappa shape index (κ2) is 7.39. The minimum atomic E-state index is -0.539. The van der Waals surface area contributed by atoms with Crippen LogP contribution in [0.1, 0.15) is 47.9 Å². The summed E-state index contributed by atoms with van der Waals surface area (Å²) in [5, 5.41) is 0. The van der Waals surface area contributed by atoms with Crippen LogP contribution in [-0.4, -0.2) is 53.4 Å². The van der Waals surface area contributed by atoms with E-state index in [2.05, 4.69) is 11.8 Å². The number of hydrogen-bond donors (Lipinski definition) is 0. The van der Waals surface area contributed by atoms with Crippen molar-refractivity contribution in [2.75, 3.05) is 20.1 Å². The average Bonchev–Trinajstić information content (AvgIpc) is 2.78. The van der Waals surface area contributed by atoms with E-state index in [1.165, 1.54) is 4.90 Å². The maximum atomic E-state index is 12.2. The van der Waals surface area contributed by atoms with Crippen molar-refractivity contribution in [3.05, 3.63) is 35.4 Å². The van der Waals surface area contributed by atoms with E-state index in [4.69, 9.17) is 4.74 Å². The smallest absolute Gasteiger partial charge is 0.410 e. The molecule has 0 saturated heterocycles. The van der Waals surface area contributed by atoms with Gasteiger partial charge in [0.25, 0.3) is 11.8 Å². The van der Waals surface area contributed by atoms with Crippen molar-refractivity contribution in [3.8, 4) is 11.8 Å². The molecule has 1 aliphatic heterocycles. The van der Waals surface area contributed by atoms with Crippen LogP contribution in [0.4, 0.5) is 4.79 Å². The van der Waals surface area contributed by atoms with Crippen LogP contribution in [0.2, 0.25) is 0 Å². The zero-order valence-electron chi connectivity index (χ0n) is 15.0. The molecule has 0 aliphatic carbocycles. The van der Waals surface area contributed by atoms with Crippen LogP contribution in [0.5, 0.6) is 0 Å². The Morgan fingerprint density at radius 3 is 2.20 bits per heavy atom. The lowest BCUT2D eigenvalue weighted by Gasteiger charge is -2.24. The van der Waals surface area contributed by atoms with E-state index in [-0.39, 0.29) is 18.4 Å². The molecule has 0 saturated carbocycles. The molecular formula is C19H22N2O4. The number of rotatable bonds is 3. The first-order chi connectivity index (χ1) is 11.7. The van der Waals surface area contributed by atoms with Crippen LogP contribution in [0.3, 0.4) is 0 Å². The first kappa shape index (κ1) is 18.5. The minimum Gasteiger partial charge on any atom is -0.444 e. The van der Waals surface area contributed by atoms with Crippen molar-refractivity contribution in [2.45, 2.75) is 32.8 Å². The van der Waals surface area contributed by atoms with Crippen molar-refractivity contribution >= 4 is 17.9 Å². The number of imide groups is 1. The van der Waals surface area contributed by atoms with Crippen molar-refractivity contribution in [2.24, 2.45) is 0 Å². The molecule has 0 bridgehead atoms. The van der Waals surface area contributed by atoms with E-state index in [0.717, 1.165) is 4.90 Å². The SMILES string of the molecule is CN(CCC#CCN1C(=O)c2ccccc2C1=O)C(=O)OC(C)(C)C. The fraction of sp³-hybridized carbons (Fsp3) is 0.421. The van der Waals surface area contributed by atoms with E-state index >= 15 is 0 Å². The highest BCUT2D eigenvalue weighted by Gasteiger charge is 2.34. The molecule has 6 nitrogen and oxygen atoms in total. The Morgan fingerprint density at radius 2 is 1.68 bits per heavy atom. The monoisotopic (exact) mass is 342 g/mol. The van der Waals surface area contributed by atoms with E-state index in [1.54, 1.807) is 52.1 Å². The molecule has 1 aromatic carbocycles. The topological polar surface area (TPSA) is 66.9 Å². The van der Waals surface area contributed by atoms with Gasteiger partial charge < -0.3 is 9.64 Å². The molecule has 1 aliphatic rings. The first-order valence-corrected chi connectivity index (χ1v) is 8.06. The molecule has 25 heavy (non-hydrogen) atoms. The number of carbonyl (C=O) groups is 3. The van der Waals surface area contributed by atoms with Gasteiger partial charge in [0.2, 0.25) is 0 Å². The van der Waals surface area contributed by atoms with Gasteiger partial charge in [-0.05, 0) is 32.9 Å². The van der Waals surface area contributed by atoms with Crippen molar-refractivity contribution in [3.63, 3.8) is 0 Å². The summed E-state index contributed by atoms with van der Waals surface area (Å²) in [4.78, 5) is 38.7. The van der Waals surface area contributed by atoms with Crippen molar-refractivity contribution in [1.29, 1.82) is 0 Å². The van der Waals surface area contributed by atoms with Gasteiger partial charge in [0.15, 0.2) is 0 Å². The molecule has 1 aromatic rings. The minimum absolute atomic E-state index is 0.0441. The molecule has 1 heterocycles. The van der Waals surface area contributed by atoms with Gasteiger partial charge in [0.05, 0.1) is 17.7 Å². The number of benzene rings is 1. The van der Waals surface area contributed by atoms with Gasteiger partial charge in [0.1, 0.15) is 5.60 Å². The molecule has 6 heteroatoms. The normalized spacial score (nSPS) is 13.2. The van der Waals surface area contributed by atoms with Gasteiger partial charge in [-0.25, -0.2) is 4.79 Å². The molecule has 0 aromatic heterocycles. The zero-order chi connectivity index (χ0) is 18.6. The van der Waals surface area contributed by atoms with E-state index in [0.29, 0.717) is 24.1 Å². The molecule has 2 rings (SSSR count). The number of amides is 3. The number of carbonyl (C=O) groups excluding carboxylic acids is 3. The summed E-state index contributed by atoms with van der Waals surface area (Å²) in [7, 11) is 1.64. The number of ether oxygens (including phenoxy) is 1. The lowest BCUT2D eigenvalue weighted by atomic mass is 10.1. The molecular weight excluding hydrogens is 320 g/mol. The summed E-state index contributed by atoms with van der Waals surface area (Å²) < 4.78 is 5.24. The lowest BCUT2D eigenvalue weighted by Crippen LogP contribution is -2.34. The molecule has 0 N–H and O–H groups in total. The molecule has 0 spiro atoms. The van der Waals surface area contributed by atoms with Crippen LogP contribution < -0.4 is 0 Å². The molecule has 3 amide bonds. The van der Waals surface area contributed by atoms with Gasteiger partial charge in [0, 0.05) is 20.0 Å². The van der Waals surface area contributed by atoms with Crippen LogP contribution in [0.15, 0.2) is 24.3 Å². The van der Waals surface area contributed by atoms with E-state index in [9.17, 15) is 14.4 Å². The Morgan fingerprint density at radius 1 is 1.12 bits per heavy atom. The Bertz CT molecular complexity index is 718. The number of fused-ring (bicyclic) bond motifs is 1. The van der Waals surface area contributed by atoms with Crippen molar-refractivity contribution in [1.82, 2.24) is 9.80 Å². The summed E-state index contributed by atoms with van der Waals surface area (Å²) in [6.07, 6.45) is 0.0217. The van der Waals surface area contributed by atoms with Gasteiger partial charge in [-0.2, -0.15) is 0 Å². The number of nitrogens with zero attached hydrogens (tertiary/aromatic N) is 2. The fourth-order valence-electron chi connectivity index (χ4n) is 2.26. The van der Waals surface area contributed by atoms with Crippen LogP contribution in [-0.2, 0) is 4.74 Å². The Hall–Kier alpha value is -2.81. The predicted octanol–water partition coefficient (Wildman–Crippen LogP) is 2.54. The Labute approximate surface area is 147 Å². The molecule has 0 unspecified atom stereocenters. The second-order valence-electron chi connectivity index (χ2n) is 6.75. The van der Waals surface area contributed by atoms with Gasteiger partial charge in [-0.1, -0.05) is 24.0 Å². The predicted molar refractivity (Wildman–Crippen MR) is 93.1 cm³/mol. The summed E-state index contributed by atoms with van der Waals surface area (Å²) in [5.41, 5.74) is 0.292. The van der Waals surface area contributed by atoms with E-state index < -0.39 is 11.7 Å². The van der Waals surface area contributed by atoms with Crippen LogP contribution >= 0.6 is 0 Å². The number of hydrogen-bond acceptors (Lipinski definition) is 4. The average molecular weight is 342 g/mol. The molecule has 132 valence electrons. The quantitative estimate of drug-likeness (QED) is 0.625. The highest BCUT2D eigenvalue weighted by atomic mass is 16.6. The standard InChI is InChI=1S/C19H22N2O4/c1-19(2,3)25-18(24)20(4)12-8-5-9-13-21-16(22)14-10-6-7-11-15(14)17(21)23/h6-7,10-11H,8,12-13H2,1-4H3. The molecule has 0 atom stereocenters. The van der Waals surface area contributed by atoms with Gasteiger partial charge >= 0.3 is 6.09 Å². The highest BCUT2D eigenvalue weighted by Crippen LogP contribution is 2.21. The third kappa shape index (κ3) is 4.60. The maximum absolute atomic E-state index is 12.2. The summed E-state index contributed by atoms with van der Waals surface area (Å²) in [5.74, 6) is 5.07. The van der Waals surface area contributed by atoms with Crippen LogP contribution in [0.25, 0.3) is 0 Å². The maximum Gasteiger partial charge on any atom is 0.410 e.